The summed E-state index contributed by atoms with van der Waals surface area (Å²) < 4.78 is 0. The number of amidine groups is 1. The number of carbonyl (C=O) groups excluding carboxylic acids is 1. The Morgan fingerprint density at radius 2 is 2.14 bits per heavy atom. The first-order chi connectivity index (χ1) is 6.90. The number of fused-ring (bicyclic) bond motifs is 1. The Morgan fingerprint density at radius 3 is 3.00 bits per heavy atom. The number of hydrogen-bond acceptors (Lipinski definition) is 3. The second-order valence-electron chi connectivity index (χ2n) is 3.02. The van der Waals surface area contributed by atoms with Gasteiger partial charge in [-0.3, -0.25) is 4.79 Å². The summed E-state index contributed by atoms with van der Waals surface area (Å²) in [6, 6.07) is 0. The van der Waals surface area contributed by atoms with Crippen LogP contribution in [-0.2, 0) is 4.79 Å². The lowest BCUT2D eigenvalue weighted by atomic mass is 10.2. The standard InChI is InChI=1S/C11H10N2O/c14-9-10-7-12-11-5-3-1-2-4-6-13(11)8-10/h1-7,9H,8H2. The van der Waals surface area contributed by atoms with Gasteiger partial charge >= 0.3 is 0 Å². The third kappa shape index (κ3) is 1.71. The van der Waals surface area contributed by atoms with Crippen molar-refractivity contribution in [3.05, 3.63) is 48.4 Å². The third-order valence-corrected chi connectivity index (χ3v) is 2.01. The molecule has 0 aromatic rings. The minimum atomic E-state index is 0.594. The van der Waals surface area contributed by atoms with E-state index in [0.29, 0.717) is 12.1 Å². The van der Waals surface area contributed by atoms with Gasteiger partial charge in [-0.2, -0.15) is 0 Å². The number of nitrogens with zero attached hydrogens (tertiary/aromatic N) is 2. The molecule has 0 saturated carbocycles. The molecule has 0 N–H and O–H groups in total. The predicted molar refractivity (Wildman–Crippen MR) is 55.7 cm³/mol. The van der Waals surface area contributed by atoms with Gasteiger partial charge in [0.05, 0.1) is 6.54 Å². The Bertz CT molecular complexity index is 386. The molecule has 0 unspecified atom stereocenters. The Morgan fingerprint density at radius 1 is 1.29 bits per heavy atom. The van der Waals surface area contributed by atoms with Gasteiger partial charge in [-0.25, -0.2) is 4.99 Å². The van der Waals surface area contributed by atoms with Crippen molar-refractivity contribution >= 4 is 12.1 Å². The molecule has 0 atom stereocenters. The van der Waals surface area contributed by atoms with Gasteiger partial charge in [0.2, 0.25) is 0 Å². The molecule has 0 radical (unpaired) electrons. The monoisotopic (exact) mass is 186 g/mol. The molecule has 0 aliphatic carbocycles. The van der Waals surface area contributed by atoms with E-state index in [4.69, 9.17) is 0 Å². The summed E-state index contributed by atoms with van der Waals surface area (Å²) >= 11 is 0. The Kier molecular flexibility index (Phi) is 2.40. The minimum Gasteiger partial charge on any atom is -0.328 e. The van der Waals surface area contributed by atoms with Gasteiger partial charge in [0.25, 0.3) is 0 Å². The van der Waals surface area contributed by atoms with Crippen LogP contribution in [-0.4, -0.2) is 23.6 Å². The van der Waals surface area contributed by atoms with Crippen LogP contribution in [0.4, 0.5) is 0 Å². The van der Waals surface area contributed by atoms with E-state index in [2.05, 4.69) is 4.99 Å². The van der Waals surface area contributed by atoms with E-state index in [1.54, 1.807) is 6.20 Å². The molecular weight excluding hydrogens is 176 g/mol. The molecule has 0 amide bonds. The molecule has 2 aliphatic heterocycles. The highest BCUT2D eigenvalue weighted by Gasteiger charge is 2.12. The molecule has 14 heavy (non-hydrogen) atoms. The minimum absolute atomic E-state index is 0.594. The molecule has 0 aromatic carbocycles. The molecule has 0 spiro atoms. The van der Waals surface area contributed by atoms with Crippen molar-refractivity contribution in [3.63, 3.8) is 0 Å². The smallest absolute Gasteiger partial charge is 0.149 e. The van der Waals surface area contributed by atoms with Crippen LogP contribution >= 0.6 is 0 Å². The first-order valence-corrected chi connectivity index (χ1v) is 4.40. The summed E-state index contributed by atoms with van der Waals surface area (Å²) in [5.41, 5.74) is 0.691. The fourth-order valence-corrected chi connectivity index (χ4v) is 1.30. The lowest BCUT2D eigenvalue weighted by Crippen LogP contribution is -2.29. The van der Waals surface area contributed by atoms with Crippen molar-refractivity contribution in [3.8, 4) is 0 Å². The van der Waals surface area contributed by atoms with Gasteiger partial charge in [0.1, 0.15) is 12.1 Å². The number of hydrogen-bond donors (Lipinski definition) is 0. The molecule has 0 bridgehead atoms. The van der Waals surface area contributed by atoms with E-state index in [1.165, 1.54) is 0 Å². The molecule has 0 fully saturated rings. The Hall–Kier alpha value is -1.90. The average molecular weight is 186 g/mol. The van der Waals surface area contributed by atoms with Gasteiger partial charge in [0.15, 0.2) is 0 Å². The predicted octanol–water partition coefficient (Wildman–Crippen LogP) is 1.42. The molecule has 0 aromatic heterocycles. The van der Waals surface area contributed by atoms with Crippen LogP contribution in [0.2, 0.25) is 0 Å². The second kappa shape index (κ2) is 3.87. The molecule has 0 saturated heterocycles. The number of carbonyl (C=O) groups is 1. The van der Waals surface area contributed by atoms with Gasteiger partial charge in [-0.1, -0.05) is 18.2 Å². The molecule has 2 heterocycles. The Balaban J connectivity index is 2.33. The normalized spacial score (nSPS) is 19.3. The van der Waals surface area contributed by atoms with E-state index in [9.17, 15) is 4.79 Å². The van der Waals surface area contributed by atoms with Crippen molar-refractivity contribution in [2.24, 2.45) is 4.99 Å². The van der Waals surface area contributed by atoms with Crippen molar-refractivity contribution < 1.29 is 4.79 Å². The summed E-state index contributed by atoms with van der Waals surface area (Å²) in [5, 5.41) is 0. The first kappa shape index (κ1) is 8.69. The lowest BCUT2D eigenvalue weighted by Gasteiger charge is -2.23. The van der Waals surface area contributed by atoms with Crippen LogP contribution < -0.4 is 0 Å². The quantitative estimate of drug-likeness (QED) is 0.580. The fraction of sp³-hybridized carbons (Fsp3) is 0.0909. The fourth-order valence-electron chi connectivity index (χ4n) is 1.30. The van der Waals surface area contributed by atoms with Crippen LogP contribution in [0, 0.1) is 0 Å². The number of aldehydes is 1. The van der Waals surface area contributed by atoms with E-state index in [0.717, 1.165) is 12.1 Å². The zero-order valence-electron chi connectivity index (χ0n) is 7.63. The zero-order chi connectivity index (χ0) is 9.80. The molecule has 3 nitrogen and oxygen atoms in total. The van der Waals surface area contributed by atoms with E-state index in [-0.39, 0.29) is 0 Å². The molecule has 70 valence electrons. The van der Waals surface area contributed by atoms with E-state index < -0.39 is 0 Å². The summed E-state index contributed by atoms with van der Waals surface area (Å²) in [7, 11) is 0. The van der Waals surface area contributed by atoms with E-state index in [1.807, 2.05) is 41.5 Å². The van der Waals surface area contributed by atoms with Gasteiger partial charge in [0, 0.05) is 18.0 Å². The van der Waals surface area contributed by atoms with Crippen molar-refractivity contribution in [2.75, 3.05) is 6.54 Å². The molecule has 2 rings (SSSR count). The molecule has 3 heteroatoms. The summed E-state index contributed by atoms with van der Waals surface area (Å²) in [4.78, 5) is 16.7. The average Bonchev–Trinajstić information content (AvgIpc) is 2.18. The Labute approximate surface area is 82.4 Å². The third-order valence-electron chi connectivity index (χ3n) is 2.01. The highest BCUT2D eigenvalue weighted by Crippen LogP contribution is 2.09. The van der Waals surface area contributed by atoms with Gasteiger partial charge < -0.3 is 4.90 Å². The lowest BCUT2D eigenvalue weighted by molar-refractivity contribution is -0.105. The zero-order valence-corrected chi connectivity index (χ0v) is 7.63. The molecular formula is C11H10N2O. The molecule has 2 aliphatic rings. The highest BCUT2D eigenvalue weighted by atomic mass is 16.1. The number of allylic oxidation sites excluding steroid dienone is 4. The maximum absolute atomic E-state index is 10.6. The first-order valence-electron chi connectivity index (χ1n) is 4.40. The SMILES string of the molecule is O=CC1=CN=C2C=CC=CC=CN2C1. The highest BCUT2D eigenvalue weighted by molar-refractivity contribution is 5.96. The van der Waals surface area contributed by atoms with Gasteiger partial charge in [-0.05, 0) is 12.2 Å². The summed E-state index contributed by atoms with van der Waals surface area (Å²) in [5.74, 6) is 0.858. The van der Waals surface area contributed by atoms with Crippen LogP contribution in [0.25, 0.3) is 0 Å². The van der Waals surface area contributed by atoms with E-state index >= 15 is 0 Å². The topological polar surface area (TPSA) is 32.7 Å². The van der Waals surface area contributed by atoms with Crippen LogP contribution in [0.3, 0.4) is 0 Å². The van der Waals surface area contributed by atoms with Crippen LogP contribution in [0.1, 0.15) is 0 Å². The second-order valence-corrected chi connectivity index (χ2v) is 3.02. The maximum atomic E-state index is 10.6. The summed E-state index contributed by atoms with van der Waals surface area (Å²) in [6.45, 7) is 0.594. The van der Waals surface area contributed by atoms with Crippen molar-refractivity contribution in [1.29, 1.82) is 0 Å². The largest absolute Gasteiger partial charge is 0.328 e. The van der Waals surface area contributed by atoms with Crippen molar-refractivity contribution in [1.82, 2.24) is 4.90 Å². The van der Waals surface area contributed by atoms with Gasteiger partial charge in [-0.15, -0.1) is 0 Å². The number of aliphatic imine (C=N–C) groups is 1. The van der Waals surface area contributed by atoms with Crippen LogP contribution in [0.15, 0.2) is 53.3 Å². The number of rotatable bonds is 1. The van der Waals surface area contributed by atoms with Crippen molar-refractivity contribution in [2.45, 2.75) is 0 Å². The summed E-state index contributed by atoms with van der Waals surface area (Å²) in [6.07, 6.45) is 14.0. The maximum Gasteiger partial charge on any atom is 0.149 e. The van der Waals surface area contributed by atoms with Crippen LogP contribution in [0.5, 0.6) is 0 Å².